The van der Waals surface area contributed by atoms with Crippen LogP contribution in [0, 0.1) is 17.7 Å². The van der Waals surface area contributed by atoms with Crippen LogP contribution in [0.25, 0.3) is 0 Å². The Bertz CT molecular complexity index is 473. The molecule has 2 rings (SSSR count). The van der Waals surface area contributed by atoms with Crippen LogP contribution < -0.4 is 0 Å². The summed E-state index contributed by atoms with van der Waals surface area (Å²) in [6.45, 7) is 4.73. The monoisotopic (exact) mass is 268 g/mol. The molecule has 1 heterocycles. The molecule has 0 spiro atoms. The maximum Gasteiger partial charge on any atom is 0.257 e. The maximum absolute atomic E-state index is 13.6. The first-order valence-electron chi connectivity index (χ1n) is 6.61. The van der Waals surface area contributed by atoms with Crippen molar-refractivity contribution in [2.24, 2.45) is 5.92 Å². The predicted octanol–water partition coefficient (Wildman–Crippen LogP) is 3.01. The highest BCUT2D eigenvalue weighted by atomic mass is 19.2. The third kappa shape index (κ3) is 3.28. The van der Waals surface area contributed by atoms with Crippen LogP contribution in [0.5, 0.6) is 0 Å². The highest BCUT2D eigenvalue weighted by Gasteiger charge is 2.34. The lowest BCUT2D eigenvalue weighted by Crippen LogP contribution is -2.35. The molecule has 19 heavy (non-hydrogen) atoms. The normalized spacial score (nSPS) is 14.8. The van der Waals surface area contributed by atoms with Gasteiger partial charge in [-0.2, -0.15) is 4.39 Å². The molecule has 3 nitrogen and oxygen atoms in total. The molecule has 0 atom stereocenters. The van der Waals surface area contributed by atoms with E-state index < -0.39 is 17.7 Å². The minimum absolute atomic E-state index is 0.182. The molecule has 0 unspecified atom stereocenters. The third-order valence-corrected chi connectivity index (χ3v) is 3.27. The number of hydrogen-bond donors (Lipinski definition) is 0. The first kappa shape index (κ1) is 13.9. The fraction of sp³-hybridized carbons (Fsp3) is 0.571. The molecule has 1 aromatic heterocycles. The first-order valence-corrected chi connectivity index (χ1v) is 6.61. The SMILES string of the molecule is CC(C)CCN(C(=O)c1ccnc(F)c1F)C1CC1. The van der Waals surface area contributed by atoms with Gasteiger partial charge in [-0.15, -0.1) is 0 Å². The molecule has 1 amide bonds. The van der Waals surface area contributed by atoms with E-state index in [9.17, 15) is 13.6 Å². The average Bonchev–Trinajstić information content (AvgIpc) is 3.17. The number of carbonyl (C=O) groups excluding carboxylic acids is 1. The number of amides is 1. The lowest BCUT2D eigenvalue weighted by Gasteiger charge is -2.23. The highest BCUT2D eigenvalue weighted by Crippen LogP contribution is 2.29. The molecule has 0 aromatic carbocycles. The van der Waals surface area contributed by atoms with E-state index in [1.54, 1.807) is 4.90 Å². The van der Waals surface area contributed by atoms with Gasteiger partial charge in [0.25, 0.3) is 5.91 Å². The molecule has 1 fully saturated rings. The van der Waals surface area contributed by atoms with E-state index in [4.69, 9.17) is 0 Å². The van der Waals surface area contributed by atoms with Gasteiger partial charge in [0.15, 0.2) is 5.82 Å². The van der Waals surface area contributed by atoms with Gasteiger partial charge in [0, 0.05) is 18.8 Å². The zero-order valence-corrected chi connectivity index (χ0v) is 11.2. The van der Waals surface area contributed by atoms with Gasteiger partial charge in [0.05, 0.1) is 5.56 Å². The molecular weight excluding hydrogens is 250 g/mol. The topological polar surface area (TPSA) is 33.2 Å². The lowest BCUT2D eigenvalue weighted by atomic mass is 10.1. The first-order chi connectivity index (χ1) is 9.00. The molecule has 0 N–H and O–H groups in total. The Morgan fingerprint density at radius 2 is 2.16 bits per heavy atom. The summed E-state index contributed by atoms with van der Waals surface area (Å²) in [7, 11) is 0. The maximum atomic E-state index is 13.6. The predicted molar refractivity (Wildman–Crippen MR) is 67.7 cm³/mol. The molecule has 1 saturated carbocycles. The van der Waals surface area contributed by atoms with Gasteiger partial charge in [-0.3, -0.25) is 4.79 Å². The Balaban J connectivity index is 2.17. The molecule has 0 bridgehead atoms. The van der Waals surface area contributed by atoms with Crippen LogP contribution in [0.2, 0.25) is 0 Å². The molecule has 0 saturated heterocycles. The van der Waals surface area contributed by atoms with Crippen LogP contribution in [0.3, 0.4) is 0 Å². The van der Waals surface area contributed by atoms with Crippen molar-refractivity contribution in [2.75, 3.05) is 6.54 Å². The second-order valence-corrected chi connectivity index (χ2v) is 5.38. The van der Waals surface area contributed by atoms with Crippen molar-refractivity contribution in [1.29, 1.82) is 0 Å². The average molecular weight is 268 g/mol. The number of pyridine rings is 1. The van der Waals surface area contributed by atoms with Gasteiger partial charge in [0.2, 0.25) is 5.95 Å². The van der Waals surface area contributed by atoms with Crippen molar-refractivity contribution >= 4 is 5.91 Å². The molecular formula is C14H18F2N2O. The Kier molecular flexibility index (Phi) is 4.12. The van der Waals surface area contributed by atoms with E-state index >= 15 is 0 Å². The standard InChI is InChI=1S/C14H18F2N2O/c1-9(2)6-8-18(10-3-4-10)14(19)11-5-7-17-13(16)12(11)15/h5,7,9-10H,3-4,6,8H2,1-2H3. The van der Waals surface area contributed by atoms with Gasteiger partial charge in [-0.1, -0.05) is 13.8 Å². The van der Waals surface area contributed by atoms with Crippen molar-refractivity contribution in [1.82, 2.24) is 9.88 Å². The fourth-order valence-electron chi connectivity index (χ4n) is 1.97. The lowest BCUT2D eigenvalue weighted by molar-refractivity contribution is 0.0729. The van der Waals surface area contributed by atoms with Gasteiger partial charge in [-0.25, -0.2) is 9.37 Å². The second-order valence-electron chi connectivity index (χ2n) is 5.38. The molecule has 1 aromatic rings. The van der Waals surface area contributed by atoms with Crippen molar-refractivity contribution in [3.05, 3.63) is 29.6 Å². The van der Waals surface area contributed by atoms with Gasteiger partial charge in [0.1, 0.15) is 0 Å². The summed E-state index contributed by atoms with van der Waals surface area (Å²) < 4.78 is 26.7. The molecule has 1 aliphatic carbocycles. The summed E-state index contributed by atoms with van der Waals surface area (Å²) in [6.07, 6.45) is 3.87. The molecule has 104 valence electrons. The van der Waals surface area contributed by atoms with Gasteiger partial charge >= 0.3 is 0 Å². The third-order valence-electron chi connectivity index (χ3n) is 3.27. The number of carbonyl (C=O) groups is 1. The van der Waals surface area contributed by atoms with Crippen LogP contribution in [0.15, 0.2) is 12.3 Å². The smallest absolute Gasteiger partial charge is 0.257 e. The van der Waals surface area contributed by atoms with Crippen LogP contribution in [0.1, 0.15) is 43.5 Å². The van der Waals surface area contributed by atoms with Gasteiger partial charge < -0.3 is 4.90 Å². The minimum Gasteiger partial charge on any atom is -0.336 e. The summed E-state index contributed by atoms with van der Waals surface area (Å²) in [4.78, 5) is 17.2. The fourth-order valence-corrected chi connectivity index (χ4v) is 1.97. The van der Waals surface area contributed by atoms with Crippen molar-refractivity contribution in [3.8, 4) is 0 Å². The number of rotatable bonds is 5. The quantitative estimate of drug-likeness (QED) is 0.769. The summed E-state index contributed by atoms with van der Waals surface area (Å²) in [6, 6.07) is 1.42. The van der Waals surface area contributed by atoms with Crippen molar-refractivity contribution < 1.29 is 13.6 Å². The van der Waals surface area contributed by atoms with Crippen LogP contribution >= 0.6 is 0 Å². The summed E-state index contributed by atoms with van der Waals surface area (Å²) in [5, 5.41) is 0. The van der Waals surface area contributed by atoms with Gasteiger partial charge in [-0.05, 0) is 31.2 Å². The Morgan fingerprint density at radius 3 is 2.74 bits per heavy atom. The van der Waals surface area contributed by atoms with E-state index in [0.29, 0.717) is 12.5 Å². The van der Waals surface area contributed by atoms with Crippen LogP contribution in [-0.2, 0) is 0 Å². The van der Waals surface area contributed by atoms with Crippen molar-refractivity contribution in [3.63, 3.8) is 0 Å². The van der Waals surface area contributed by atoms with Crippen LogP contribution in [-0.4, -0.2) is 28.4 Å². The van der Waals surface area contributed by atoms with E-state index in [-0.39, 0.29) is 11.6 Å². The molecule has 5 heteroatoms. The van der Waals surface area contributed by atoms with Crippen LogP contribution in [0.4, 0.5) is 8.78 Å². The van der Waals surface area contributed by atoms with E-state index in [0.717, 1.165) is 25.5 Å². The largest absolute Gasteiger partial charge is 0.336 e. The minimum atomic E-state index is -1.22. The summed E-state index contributed by atoms with van der Waals surface area (Å²) in [5.74, 6) is -2.33. The van der Waals surface area contributed by atoms with E-state index in [2.05, 4.69) is 18.8 Å². The summed E-state index contributed by atoms with van der Waals surface area (Å²) in [5.41, 5.74) is -0.219. The molecule has 1 aliphatic rings. The number of halogens is 2. The number of aromatic nitrogens is 1. The number of nitrogens with zero attached hydrogens (tertiary/aromatic N) is 2. The Labute approximate surface area is 111 Å². The Hall–Kier alpha value is -1.52. The van der Waals surface area contributed by atoms with E-state index in [1.165, 1.54) is 6.07 Å². The molecule has 0 aliphatic heterocycles. The zero-order chi connectivity index (χ0) is 14.0. The number of hydrogen-bond acceptors (Lipinski definition) is 2. The highest BCUT2D eigenvalue weighted by molar-refractivity contribution is 5.94. The Morgan fingerprint density at radius 1 is 1.47 bits per heavy atom. The van der Waals surface area contributed by atoms with E-state index in [1.807, 2.05) is 0 Å². The molecule has 0 radical (unpaired) electrons. The second kappa shape index (κ2) is 5.63. The van der Waals surface area contributed by atoms with Crippen molar-refractivity contribution in [2.45, 2.75) is 39.2 Å². The summed E-state index contributed by atoms with van der Waals surface area (Å²) >= 11 is 0. The zero-order valence-electron chi connectivity index (χ0n) is 11.2.